The first-order chi connectivity index (χ1) is 12.3. The van der Waals surface area contributed by atoms with Gasteiger partial charge in [-0.3, -0.25) is 19.7 Å². The number of piperidine rings is 1. The maximum atomic E-state index is 12.7. The third-order valence-electron chi connectivity index (χ3n) is 4.65. The van der Waals surface area contributed by atoms with Crippen LogP contribution in [-0.4, -0.2) is 49.7 Å². The predicted octanol–water partition coefficient (Wildman–Crippen LogP) is 2.11. The van der Waals surface area contributed by atoms with E-state index in [1.54, 1.807) is 19.1 Å². The highest BCUT2D eigenvalue weighted by Crippen LogP contribution is 2.30. The molecule has 0 aliphatic carbocycles. The number of rotatable bonds is 4. The Hall–Kier alpha value is -3.23. The molecule has 2 aromatic rings. The van der Waals surface area contributed by atoms with Crippen LogP contribution in [-0.2, 0) is 4.79 Å². The zero-order valence-electron chi connectivity index (χ0n) is 14.2. The number of nitro benzene ring substituents is 1. The molecule has 0 saturated carbocycles. The number of benzene rings is 1. The number of hydrogen-bond acceptors (Lipinski definition) is 5. The third kappa shape index (κ3) is 3.28. The fourth-order valence-electron chi connectivity index (χ4n) is 3.07. The molecule has 0 spiro atoms. The molecule has 0 radical (unpaired) electrons. The normalized spacial score (nSPS) is 20.0. The number of carboxylic acid groups (broad SMARTS) is 1. The number of aromatic nitrogens is 2. The number of likely N-dealkylation sites (tertiary alicyclic amines) is 1. The lowest BCUT2D eigenvalue weighted by atomic mass is 9.82. The minimum absolute atomic E-state index is 0.0292. The summed E-state index contributed by atoms with van der Waals surface area (Å²) in [6.45, 7) is 2.31. The molecule has 136 valence electrons. The van der Waals surface area contributed by atoms with Gasteiger partial charge in [0.15, 0.2) is 0 Å². The lowest BCUT2D eigenvalue weighted by Gasteiger charge is -2.37. The van der Waals surface area contributed by atoms with Crippen molar-refractivity contribution >= 4 is 17.6 Å². The second-order valence-corrected chi connectivity index (χ2v) is 6.64. The highest BCUT2D eigenvalue weighted by molar-refractivity contribution is 5.94. The largest absolute Gasteiger partial charge is 0.481 e. The van der Waals surface area contributed by atoms with Gasteiger partial charge in [-0.15, -0.1) is 0 Å². The second kappa shape index (κ2) is 6.58. The molecule has 1 aliphatic heterocycles. The maximum absolute atomic E-state index is 12.7. The van der Waals surface area contributed by atoms with Gasteiger partial charge in [0.1, 0.15) is 0 Å². The molecule has 26 heavy (non-hydrogen) atoms. The van der Waals surface area contributed by atoms with E-state index in [0.29, 0.717) is 30.6 Å². The lowest BCUT2D eigenvalue weighted by Crippen LogP contribution is -2.48. The van der Waals surface area contributed by atoms with E-state index in [0.717, 1.165) is 0 Å². The maximum Gasteiger partial charge on any atom is 0.311 e. The highest BCUT2D eigenvalue weighted by atomic mass is 16.6. The van der Waals surface area contributed by atoms with E-state index in [9.17, 15) is 24.8 Å². The Morgan fingerprint density at radius 1 is 1.31 bits per heavy atom. The van der Waals surface area contributed by atoms with Crippen molar-refractivity contribution in [1.82, 2.24) is 14.7 Å². The number of nitro groups is 1. The van der Waals surface area contributed by atoms with Crippen molar-refractivity contribution in [2.24, 2.45) is 5.41 Å². The highest BCUT2D eigenvalue weighted by Gasteiger charge is 2.39. The van der Waals surface area contributed by atoms with E-state index >= 15 is 0 Å². The van der Waals surface area contributed by atoms with Gasteiger partial charge in [0, 0.05) is 31.4 Å². The molecule has 1 amide bonds. The summed E-state index contributed by atoms with van der Waals surface area (Å²) in [7, 11) is 0. The molecule has 1 unspecified atom stereocenters. The number of carbonyl (C=O) groups is 2. The van der Waals surface area contributed by atoms with E-state index in [1.165, 1.54) is 34.1 Å². The van der Waals surface area contributed by atoms with Gasteiger partial charge in [0.2, 0.25) is 0 Å². The predicted molar refractivity (Wildman–Crippen MR) is 91.1 cm³/mol. The van der Waals surface area contributed by atoms with Gasteiger partial charge < -0.3 is 10.0 Å². The summed E-state index contributed by atoms with van der Waals surface area (Å²) in [4.78, 5) is 35.9. The van der Waals surface area contributed by atoms with Gasteiger partial charge >= 0.3 is 5.97 Å². The van der Waals surface area contributed by atoms with Crippen LogP contribution < -0.4 is 0 Å². The van der Waals surface area contributed by atoms with Gasteiger partial charge in [-0.1, -0.05) is 0 Å². The zero-order valence-corrected chi connectivity index (χ0v) is 14.2. The van der Waals surface area contributed by atoms with Crippen LogP contribution in [0.25, 0.3) is 5.69 Å². The lowest BCUT2D eigenvalue weighted by molar-refractivity contribution is -0.384. The van der Waals surface area contributed by atoms with Crippen molar-refractivity contribution in [2.45, 2.75) is 19.8 Å². The number of non-ortho nitro benzene ring substituents is 1. The van der Waals surface area contributed by atoms with E-state index in [2.05, 4.69) is 5.10 Å². The molecule has 1 N–H and O–H groups in total. The summed E-state index contributed by atoms with van der Waals surface area (Å²) in [5.41, 5.74) is -0.0393. The molecule has 1 fully saturated rings. The summed E-state index contributed by atoms with van der Waals surface area (Å²) in [5, 5.41) is 24.2. The molecule has 2 heterocycles. The van der Waals surface area contributed by atoms with Crippen molar-refractivity contribution in [2.75, 3.05) is 13.1 Å². The van der Waals surface area contributed by atoms with E-state index in [-0.39, 0.29) is 18.1 Å². The number of hydrogen-bond donors (Lipinski definition) is 1. The number of carboxylic acids is 1. The standard InChI is InChI=1S/C17H18N4O5/c1-17(16(23)24)7-2-8-19(11-17)15(22)12-9-18-20(10-12)13-3-5-14(6-4-13)21(25)26/h3-6,9-10H,2,7-8,11H2,1H3,(H,23,24). The van der Waals surface area contributed by atoms with Gasteiger partial charge in [0.05, 0.1) is 27.8 Å². The average Bonchev–Trinajstić information content (AvgIpc) is 3.11. The second-order valence-electron chi connectivity index (χ2n) is 6.64. The first-order valence-electron chi connectivity index (χ1n) is 8.12. The molecule has 1 aromatic carbocycles. The quantitative estimate of drug-likeness (QED) is 0.660. The Bertz CT molecular complexity index is 860. The number of amides is 1. The molecule has 9 nitrogen and oxygen atoms in total. The molecule has 0 bridgehead atoms. The number of aliphatic carboxylic acids is 1. The Kier molecular flexibility index (Phi) is 4.45. The smallest absolute Gasteiger partial charge is 0.311 e. The summed E-state index contributed by atoms with van der Waals surface area (Å²) in [5.74, 6) is -1.18. The monoisotopic (exact) mass is 358 g/mol. The molecule has 1 saturated heterocycles. The molecule has 1 aliphatic rings. The van der Waals surface area contributed by atoms with Crippen LogP contribution in [0.5, 0.6) is 0 Å². The van der Waals surface area contributed by atoms with E-state index < -0.39 is 16.3 Å². The Balaban J connectivity index is 1.77. The van der Waals surface area contributed by atoms with Crippen molar-refractivity contribution in [3.05, 3.63) is 52.3 Å². The average molecular weight is 358 g/mol. The fourth-order valence-corrected chi connectivity index (χ4v) is 3.07. The first kappa shape index (κ1) is 17.6. The summed E-state index contributed by atoms with van der Waals surface area (Å²) in [6.07, 6.45) is 4.12. The summed E-state index contributed by atoms with van der Waals surface area (Å²) >= 11 is 0. The minimum Gasteiger partial charge on any atom is -0.481 e. The zero-order chi connectivity index (χ0) is 18.9. The summed E-state index contributed by atoms with van der Waals surface area (Å²) < 4.78 is 1.46. The SMILES string of the molecule is CC1(C(=O)O)CCCN(C(=O)c2cnn(-c3ccc([N+](=O)[O-])cc3)c2)C1. The van der Waals surface area contributed by atoms with Gasteiger partial charge in [-0.05, 0) is 31.9 Å². The van der Waals surface area contributed by atoms with Crippen molar-refractivity contribution in [3.63, 3.8) is 0 Å². The Labute approximate surface area is 149 Å². The minimum atomic E-state index is -0.942. The van der Waals surface area contributed by atoms with Crippen LogP contribution in [0.15, 0.2) is 36.7 Å². The Morgan fingerprint density at radius 3 is 2.62 bits per heavy atom. The molecule has 9 heteroatoms. The molecule has 1 aromatic heterocycles. The molecular weight excluding hydrogens is 340 g/mol. The molecular formula is C17H18N4O5. The van der Waals surface area contributed by atoms with Gasteiger partial charge in [-0.25, -0.2) is 4.68 Å². The first-order valence-corrected chi connectivity index (χ1v) is 8.12. The Morgan fingerprint density at radius 2 is 2.00 bits per heavy atom. The fraction of sp³-hybridized carbons (Fsp3) is 0.353. The summed E-state index contributed by atoms with van der Waals surface area (Å²) in [6, 6.07) is 5.81. The van der Waals surface area contributed by atoms with Crippen LogP contribution in [0, 0.1) is 15.5 Å². The third-order valence-corrected chi connectivity index (χ3v) is 4.65. The van der Waals surface area contributed by atoms with Crippen LogP contribution in [0.2, 0.25) is 0 Å². The molecule has 3 rings (SSSR count). The number of carbonyl (C=O) groups excluding carboxylic acids is 1. The van der Waals surface area contributed by atoms with E-state index in [1.807, 2.05) is 0 Å². The van der Waals surface area contributed by atoms with E-state index in [4.69, 9.17) is 0 Å². The van der Waals surface area contributed by atoms with Crippen LogP contribution in [0.1, 0.15) is 30.1 Å². The van der Waals surface area contributed by atoms with Gasteiger partial charge in [-0.2, -0.15) is 5.10 Å². The van der Waals surface area contributed by atoms with Crippen LogP contribution in [0.4, 0.5) is 5.69 Å². The topological polar surface area (TPSA) is 119 Å². The van der Waals surface area contributed by atoms with Crippen LogP contribution >= 0.6 is 0 Å². The van der Waals surface area contributed by atoms with Crippen molar-refractivity contribution in [1.29, 1.82) is 0 Å². The molecule has 1 atom stereocenters. The van der Waals surface area contributed by atoms with Gasteiger partial charge in [0.25, 0.3) is 11.6 Å². The van der Waals surface area contributed by atoms with Crippen molar-refractivity contribution in [3.8, 4) is 5.69 Å². The van der Waals surface area contributed by atoms with Crippen LogP contribution in [0.3, 0.4) is 0 Å². The number of nitrogens with zero attached hydrogens (tertiary/aromatic N) is 4. The van der Waals surface area contributed by atoms with Crippen molar-refractivity contribution < 1.29 is 19.6 Å².